The Kier molecular flexibility index (Phi) is 6.97. The molecule has 0 radical (unpaired) electrons. The molecule has 0 aromatic heterocycles. The van der Waals surface area contributed by atoms with E-state index in [9.17, 15) is 39.9 Å². The Labute approximate surface area is 237 Å². The molecule has 0 bridgehead atoms. The number of amides is 1. The van der Waals surface area contributed by atoms with Crippen LogP contribution >= 0.6 is 0 Å². The molecule has 1 aromatic carbocycles. The maximum Gasteiger partial charge on any atom is 0.255 e. The molecule has 1 aliphatic heterocycles. The SMILES string of the molecule is C[C@H]1c2ccc(N(C)C3CCN(C)CC3)c(O)c2C(O)=C2C(=O)[C@]3(O)C(O)=C(C(N)=O)C(=O)[C@@H](N(C)C)[C@@H]3[C@@H](O)[C@@H]21. The number of nitrogens with zero attached hydrogens (tertiary/aromatic N) is 3. The van der Waals surface area contributed by atoms with Gasteiger partial charge in [0.05, 0.1) is 29.3 Å². The van der Waals surface area contributed by atoms with Gasteiger partial charge in [-0.05, 0) is 64.6 Å². The standard InChI is InChI=1S/C29H38N4O8/c1-12-14-6-7-15(33(5)13-8-10-32(4)11-9-13)22(34)17(14)23(35)18-16(12)24(36)20-21(31(2)3)25(37)19(28(30)40)27(39)29(20,41)26(18)38/h6-7,12-13,16,20-21,24,34-36,39,41H,8-11H2,1-5H3,(H2,30,40)/t12-,16+,20+,21-,24-,29-/m0/s1. The number of hydrogen-bond donors (Lipinski definition) is 6. The van der Waals surface area contributed by atoms with Crippen LogP contribution in [-0.4, -0.2) is 118 Å². The summed E-state index contributed by atoms with van der Waals surface area (Å²) in [6.07, 6.45) is 0.122. The van der Waals surface area contributed by atoms with E-state index in [0.717, 1.165) is 25.9 Å². The van der Waals surface area contributed by atoms with Crippen molar-refractivity contribution in [2.75, 3.05) is 46.2 Å². The predicted molar refractivity (Wildman–Crippen MR) is 149 cm³/mol. The Morgan fingerprint density at radius 1 is 1.10 bits per heavy atom. The molecular weight excluding hydrogens is 532 g/mol. The maximum atomic E-state index is 14.1. The first-order chi connectivity index (χ1) is 19.2. The van der Waals surface area contributed by atoms with Gasteiger partial charge < -0.3 is 41.1 Å². The Balaban J connectivity index is 1.69. The van der Waals surface area contributed by atoms with Crippen LogP contribution in [0, 0.1) is 11.8 Å². The molecule has 1 saturated heterocycles. The van der Waals surface area contributed by atoms with E-state index < -0.39 is 75.6 Å². The first-order valence-corrected chi connectivity index (χ1v) is 13.8. The smallest absolute Gasteiger partial charge is 0.255 e. The number of phenolic OH excluding ortho intramolecular Hbond substituents is 1. The number of nitrogens with two attached hydrogens (primary N) is 1. The number of benzene rings is 1. The molecule has 41 heavy (non-hydrogen) atoms. The van der Waals surface area contributed by atoms with Crippen molar-refractivity contribution in [3.63, 3.8) is 0 Å². The van der Waals surface area contributed by atoms with Gasteiger partial charge in [-0.15, -0.1) is 0 Å². The first kappa shape index (κ1) is 29.1. The number of ketones is 2. The summed E-state index contributed by atoms with van der Waals surface area (Å²) in [5, 5.41) is 57.6. The monoisotopic (exact) mass is 570 g/mol. The second-order valence-electron chi connectivity index (χ2n) is 12.1. The molecule has 1 amide bonds. The zero-order valence-corrected chi connectivity index (χ0v) is 23.8. The maximum absolute atomic E-state index is 14.1. The third kappa shape index (κ3) is 3.92. The summed E-state index contributed by atoms with van der Waals surface area (Å²) >= 11 is 0. The van der Waals surface area contributed by atoms with Gasteiger partial charge in [0.1, 0.15) is 22.8 Å². The van der Waals surface area contributed by atoms with Crippen LogP contribution in [0.5, 0.6) is 5.75 Å². The molecule has 1 saturated carbocycles. The zero-order valence-electron chi connectivity index (χ0n) is 23.8. The van der Waals surface area contributed by atoms with Crippen molar-refractivity contribution in [3.05, 3.63) is 40.2 Å². The number of Topliss-reactive ketones (excluding diaryl/α,β-unsaturated/α-hetero) is 2. The third-order valence-electron chi connectivity index (χ3n) is 9.72. The number of fused-ring (bicyclic) bond motifs is 3. The number of carbonyl (C=O) groups is 3. The number of hydrogen-bond acceptors (Lipinski definition) is 11. The third-order valence-corrected chi connectivity index (χ3v) is 9.72. The zero-order chi connectivity index (χ0) is 30.3. The quantitative estimate of drug-likeness (QED) is 0.268. The van der Waals surface area contributed by atoms with Crippen molar-refractivity contribution < 1.29 is 39.9 Å². The van der Waals surface area contributed by atoms with Crippen molar-refractivity contribution in [1.82, 2.24) is 9.80 Å². The van der Waals surface area contributed by atoms with Crippen LogP contribution in [0.3, 0.4) is 0 Å². The normalized spacial score (nSPS) is 32.6. The fourth-order valence-electron chi connectivity index (χ4n) is 7.47. The summed E-state index contributed by atoms with van der Waals surface area (Å²) in [4.78, 5) is 45.1. The van der Waals surface area contributed by atoms with Gasteiger partial charge in [0.2, 0.25) is 5.78 Å². The number of likely N-dealkylation sites (tertiary alicyclic amines) is 1. The summed E-state index contributed by atoms with van der Waals surface area (Å²) in [7, 11) is 6.85. The van der Waals surface area contributed by atoms with Gasteiger partial charge in [-0.25, -0.2) is 0 Å². The molecule has 222 valence electrons. The Morgan fingerprint density at radius 2 is 1.71 bits per heavy atom. The molecule has 0 spiro atoms. The number of anilines is 1. The van der Waals surface area contributed by atoms with Crippen molar-refractivity contribution in [2.24, 2.45) is 17.6 Å². The molecule has 0 unspecified atom stereocenters. The van der Waals surface area contributed by atoms with Gasteiger partial charge in [-0.1, -0.05) is 13.0 Å². The van der Waals surface area contributed by atoms with Gasteiger partial charge >= 0.3 is 0 Å². The van der Waals surface area contributed by atoms with Crippen LogP contribution < -0.4 is 10.6 Å². The number of aromatic hydroxyl groups is 1. The number of piperidine rings is 1. The average molecular weight is 571 g/mol. The number of phenols is 1. The number of aliphatic hydroxyl groups excluding tert-OH is 3. The molecule has 1 aromatic rings. The fraction of sp³-hybridized carbons (Fsp3) is 0.552. The summed E-state index contributed by atoms with van der Waals surface area (Å²) < 4.78 is 0. The van der Waals surface area contributed by atoms with Gasteiger partial charge in [0.25, 0.3) is 5.91 Å². The number of aliphatic hydroxyl groups is 4. The van der Waals surface area contributed by atoms with E-state index in [2.05, 4.69) is 4.90 Å². The fourth-order valence-corrected chi connectivity index (χ4v) is 7.47. The number of likely N-dealkylation sites (N-methyl/N-ethyl adjacent to an activating group) is 1. The molecule has 5 rings (SSSR count). The summed E-state index contributed by atoms with van der Waals surface area (Å²) in [6.45, 7) is 3.50. The van der Waals surface area contributed by atoms with Crippen molar-refractivity contribution in [3.8, 4) is 5.75 Å². The van der Waals surface area contributed by atoms with Crippen molar-refractivity contribution >= 4 is 28.9 Å². The van der Waals surface area contributed by atoms with Gasteiger partial charge in [0.15, 0.2) is 11.4 Å². The van der Waals surface area contributed by atoms with Crippen LogP contribution in [0.25, 0.3) is 5.76 Å². The van der Waals surface area contributed by atoms with E-state index in [1.165, 1.54) is 19.0 Å². The Bertz CT molecular complexity index is 1400. The highest BCUT2D eigenvalue weighted by Gasteiger charge is 2.68. The molecule has 7 N–H and O–H groups in total. The molecule has 12 heteroatoms. The van der Waals surface area contributed by atoms with Gasteiger partial charge in [-0.3, -0.25) is 19.3 Å². The van der Waals surface area contributed by atoms with Gasteiger partial charge in [0, 0.05) is 24.6 Å². The lowest BCUT2D eigenvalue weighted by Crippen LogP contribution is -2.70. The molecule has 2 fully saturated rings. The number of carbonyl (C=O) groups excluding carboxylic acids is 3. The molecular formula is C29H38N4O8. The highest BCUT2D eigenvalue weighted by atomic mass is 16.4. The van der Waals surface area contributed by atoms with E-state index in [1.807, 2.05) is 19.0 Å². The predicted octanol–water partition coefficient (Wildman–Crippen LogP) is 0.0262. The molecule has 1 heterocycles. The van der Waals surface area contributed by atoms with Crippen LogP contribution in [0.1, 0.15) is 36.8 Å². The second kappa shape index (κ2) is 9.83. The minimum absolute atomic E-state index is 0.00160. The highest BCUT2D eigenvalue weighted by Crippen LogP contribution is 2.57. The van der Waals surface area contributed by atoms with E-state index in [0.29, 0.717) is 11.3 Å². The minimum atomic E-state index is -2.93. The van der Waals surface area contributed by atoms with Crippen molar-refractivity contribution in [2.45, 2.75) is 49.5 Å². The summed E-state index contributed by atoms with van der Waals surface area (Å²) in [5.74, 6) is -8.88. The lowest BCUT2D eigenvalue weighted by molar-refractivity contribution is -0.169. The van der Waals surface area contributed by atoms with E-state index in [1.54, 1.807) is 19.1 Å². The number of rotatable bonds is 4. The molecule has 3 aliphatic carbocycles. The molecule has 6 atom stereocenters. The van der Waals surface area contributed by atoms with Crippen LogP contribution in [0.2, 0.25) is 0 Å². The van der Waals surface area contributed by atoms with Crippen molar-refractivity contribution in [1.29, 1.82) is 0 Å². The first-order valence-electron chi connectivity index (χ1n) is 13.8. The summed E-state index contributed by atoms with van der Waals surface area (Å²) in [5.41, 5.74) is 2.04. The Hall–Kier alpha value is -3.45. The topological polar surface area (TPSA) is 188 Å². The lowest BCUT2D eigenvalue weighted by atomic mass is 9.54. The van der Waals surface area contributed by atoms with Crippen LogP contribution in [0.15, 0.2) is 29.0 Å². The second-order valence-corrected chi connectivity index (χ2v) is 12.1. The van der Waals surface area contributed by atoms with E-state index in [-0.39, 0.29) is 17.4 Å². The van der Waals surface area contributed by atoms with Gasteiger partial charge in [-0.2, -0.15) is 0 Å². The highest BCUT2D eigenvalue weighted by molar-refractivity contribution is 6.24. The number of primary amides is 1. The minimum Gasteiger partial charge on any atom is -0.508 e. The van der Waals surface area contributed by atoms with E-state index in [4.69, 9.17) is 5.73 Å². The Morgan fingerprint density at radius 3 is 2.27 bits per heavy atom. The average Bonchev–Trinajstić information content (AvgIpc) is 2.90. The van der Waals surface area contributed by atoms with E-state index >= 15 is 0 Å². The van der Waals surface area contributed by atoms with Crippen LogP contribution in [0.4, 0.5) is 5.69 Å². The molecule has 12 nitrogen and oxygen atoms in total. The molecule has 4 aliphatic rings. The largest absolute Gasteiger partial charge is 0.508 e. The van der Waals surface area contributed by atoms with Crippen LogP contribution in [-0.2, 0) is 14.4 Å². The summed E-state index contributed by atoms with van der Waals surface area (Å²) in [6, 6.07) is 2.24. The lowest BCUT2D eigenvalue weighted by Gasteiger charge is -2.53.